The highest BCUT2D eigenvalue weighted by Gasteiger charge is 2.28. The molecule has 0 spiro atoms. The van der Waals surface area contributed by atoms with Gasteiger partial charge in [0.15, 0.2) is 6.10 Å². The van der Waals surface area contributed by atoms with Gasteiger partial charge in [-0.05, 0) is 70.6 Å². The van der Waals surface area contributed by atoms with Gasteiger partial charge in [0.05, 0.1) is 13.2 Å². The van der Waals surface area contributed by atoms with Crippen LogP contribution < -0.4 is 5.73 Å². The standard InChI is InChI=1S/C42H68NO10P/c1-3-5-7-9-11-13-15-16-17-18-19-20-21-22-24-25-27-29-31-33-40(44)50-35-38(36-51-54(48,49)52-37-39(43)42(46)47)53-41(45)34-32-30-28-26-23-14-12-10-8-6-4-2/h5,7,10-13,16-17,19-20,22,24,27,29,38-39H,3-4,6,8-9,14-15,18,21,23,25-26,28,30-37,43H2,1-2H3,(H,46,47)(H,48,49)/t38-,39+/m1/s1. The summed E-state index contributed by atoms with van der Waals surface area (Å²) in [6.07, 6.45) is 43.9. The molecule has 0 aliphatic heterocycles. The topological polar surface area (TPSA) is 172 Å². The van der Waals surface area contributed by atoms with Crippen molar-refractivity contribution in [1.82, 2.24) is 0 Å². The van der Waals surface area contributed by atoms with E-state index in [1.165, 1.54) is 12.8 Å². The van der Waals surface area contributed by atoms with Crippen LogP contribution in [0.5, 0.6) is 0 Å². The molecule has 306 valence electrons. The fourth-order valence-corrected chi connectivity index (χ4v) is 5.32. The Morgan fingerprint density at radius 3 is 1.63 bits per heavy atom. The number of carbonyl (C=O) groups is 3. The number of hydrogen-bond acceptors (Lipinski definition) is 9. The van der Waals surface area contributed by atoms with Crippen LogP contribution in [0.25, 0.3) is 0 Å². The fraction of sp³-hybridized carbons (Fsp3) is 0.595. The molecule has 1 unspecified atom stereocenters. The average molecular weight is 778 g/mol. The van der Waals surface area contributed by atoms with E-state index in [2.05, 4.69) is 91.3 Å². The normalized spacial score (nSPS) is 14.7. The summed E-state index contributed by atoms with van der Waals surface area (Å²) < 4.78 is 32.5. The van der Waals surface area contributed by atoms with Crippen LogP contribution in [0.1, 0.15) is 129 Å². The lowest BCUT2D eigenvalue weighted by Gasteiger charge is -2.20. The SMILES string of the molecule is CCC=CCC=CCC=CCC=CCC=CCC=CCCC(=O)OC[C@H](COP(=O)(O)OC[C@H](N)C(=O)O)OC(=O)CCCCCCCC=CCCCC. The molecule has 0 aromatic carbocycles. The van der Waals surface area contributed by atoms with Gasteiger partial charge < -0.3 is 25.2 Å². The Morgan fingerprint density at radius 1 is 0.593 bits per heavy atom. The Morgan fingerprint density at radius 2 is 1.07 bits per heavy atom. The summed E-state index contributed by atoms with van der Waals surface area (Å²) in [5.41, 5.74) is 5.31. The van der Waals surface area contributed by atoms with Crippen LogP contribution in [0, 0.1) is 0 Å². The molecule has 0 saturated heterocycles. The Labute approximate surface area is 324 Å². The van der Waals surface area contributed by atoms with Crippen molar-refractivity contribution >= 4 is 25.7 Å². The molecule has 0 fully saturated rings. The minimum Gasteiger partial charge on any atom is -0.480 e. The van der Waals surface area contributed by atoms with Gasteiger partial charge in [0.25, 0.3) is 0 Å². The zero-order valence-corrected chi connectivity index (χ0v) is 33.7. The van der Waals surface area contributed by atoms with Crippen molar-refractivity contribution in [2.45, 2.75) is 142 Å². The maximum Gasteiger partial charge on any atom is 0.472 e. The maximum absolute atomic E-state index is 12.5. The molecule has 0 amide bonds. The van der Waals surface area contributed by atoms with Gasteiger partial charge in [-0.15, -0.1) is 0 Å². The number of unbranched alkanes of at least 4 members (excludes halogenated alkanes) is 7. The minimum atomic E-state index is -4.73. The molecule has 12 heteroatoms. The van der Waals surface area contributed by atoms with Crippen molar-refractivity contribution in [2.75, 3.05) is 19.8 Å². The Bertz CT molecular complexity index is 1240. The molecule has 0 saturated carbocycles. The van der Waals surface area contributed by atoms with Crippen LogP contribution in [0.4, 0.5) is 0 Å². The number of carbonyl (C=O) groups excluding carboxylic acids is 2. The number of carboxylic acid groups (broad SMARTS) is 1. The third-order valence-corrected chi connectivity index (χ3v) is 8.59. The fourth-order valence-electron chi connectivity index (χ4n) is 4.54. The number of hydrogen-bond donors (Lipinski definition) is 3. The highest BCUT2D eigenvalue weighted by Crippen LogP contribution is 2.43. The summed E-state index contributed by atoms with van der Waals surface area (Å²) in [6.45, 7) is 2.52. The zero-order chi connectivity index (χ0) is 40.0. The van der Waals surface area contributed by atoms with Crippen LogP contribution in [0.2, 0.25) is 0 Å². The molecule has 0 aromatic heterocycles. The van der Waals surface area contributed by atoms with Gasteiger partial charge in [0.1, 0.15) is 12.6 Å². The van der Waals surface area contributed by atoms with E-state index in [1.807, 2.05) is 12.2 Å². The second kappa shape index (κ2) is 36.6. The molecule has 0 radical (unpaired) electrons. The van der Waals surface area contributed by atoms with Gasteiger partial charge >= 0.3 is 25.7 Å². The predicted octanol–water partition coefficient (Wildman–Crippen LogP) is 9.94. The minimum absolute atomic E-state index is 0.0902. The summed E-state index contributed by atoms with van der Waals surface area (Å²) in [7, 11) is -4.73. The maximum atomic E-state index is 12.5. The summed E-state index contributed by atoms with van der Waals surface area (Å²) in [5, 5.41) is 8.86. The van der Waals surface area contributed by atoms with Crippen LogP contribution >= 0.6 is 7.82 Å². The van der Waals surface area contributed by atoms with E-state index in [0.29, 0.717) is 12.8 Å². The second-order valence-electron chi connectivity index (χ2n) is 12.7. The first-order chi connectivity index (χ1) is 26.1. The Balaban J connectivity index is 4.55. The molecule has 0 bridgehead atoms. The zero-order valence-electron chi connectivity index (χ0n) is 32.8. The van der Waals surface area contributed by atoms with E-state index in [1.54, 1.807) is 0 Å². The third-order valence-electron chi connectivity index (χ3n) is 7.64. The van der Waals surface area contributed by atoms with E-state index in [-0.39, 0.29) is 12.8 Å². The first-order valence-electron chi connectivity index (χ1n) is 19.6. The number of nitrogens with two attached hydrogens (primary N) is 1. The van der Waals surface area contributed by atoms with Crippen molar-refractivity contribution in [3.8, 4) is 0 Å². The summed E-state index contributed by atoms with van der Waals surface area (Å²) >= 11 is 0. The summed E-state index contributed by atoms with van der Waals surface area (Å²) in [6, 6.07) is -1.54. The molecule has 4 N–H and O–H groups in total. The lowest BCUT2D eigenvalue weighted by Crippen LogP contribution is -2.34. The number of allylic oxidation sites excluding steroid dienone is 14. The summed E-state index contributed by atoms with van der Waals surface area (Å²) in [4.78, 5) is 45.7. The molecule has 3 atom stereocenters. The van der Waals surface area contributed by atoms with Gasteiger partial charge in [-0.3, -0.25) is 23.4 Å². The monoisotopic (exact) mass is 777 g/mol. The van der Waals surface area contributed by atoms with E-state index < -0.39 is 57.7 Å². The molecule has 11 nitrogen and oxygen atoms in total. The molecular weight excluding hydrogens is 709 g/mol. The lowest BCUT2D eigenvalue weighted by atomic mass is 10.1. The molecule has 0 heterocycles. The molecule has 0 aliphatic carbocycles. The lowest BCUT2D eigenvalue weighted by molar-refractivity contribution is -0.161. The predicted molar refractivity (Wildman–Crippen MR) is 217 cm³/mol. The van der Waals surface area contributed by atoms with Gasteiger partial charge in [0, 0.05) is 12.8 Å². The smallest absolute Gasteiger partial charge is 0.472 e. The number of rotatable bonds is 35. The number of carboxylic acids is 1. The summed E-state index contributed by atoms with van der Waals surface area (Å²) in [5.74, 6) is -2.51. The van der Waals surface area contributed by atoms with Crippen LogP contribution in [0.15, 0.2) is 85.1 Å². The number of phosphoric ester groups is 1. The number of phosphoric acid groups is 1. The first-order valence-corrected chi connectivity index (χ1v) is 21.1. The van der Waals surface area contributed by atoms with Crippen molar-refractivity contribution in [3.05, 3.63) is 85.1 Å². The number of esters is 2. The highest BCUT2D eigenvalue weighted by molar-refractivity contribution is 7.47. The van der Waals surface area contributed by atoms with Gasteiger partial charge in [0.2, 0.25) is 0 Å². The van der Waals surface area contributed by atoms with E-state index in [0.717, 1.165) is 77.0 Å². The first kappa shape index (κ1) is 50.7. The molecular formula is C42H68NO10P. The van der Waals surface area contributed by atoms with Crippen molar-refractivity contribution in [2.24, 2.45) is 5.73 Å². The molecule has 0 aromatic rings. The third kappa shape index (κ3) is 35.7. The van der Waals surface area contributed by atoms with Gasteiger partial charge in [-0.25, -0.2) is 4.57 Å². The Hall–Kier alpha value is -3.34. The highest BCUT2D eigenvalue weighted by atomic mass is 31.2. The largest absolute Gasteiger partial charge is 0.480 e. The average Bonchev–Trinajstić information content (AvgIpc) is 3.14. The Kier molecular flexibility index (Phi) is 34.4. The van der Waals surface area contributed by atoms with Crippen LogP contribution in [-0.2, 0) is 37.5 Å². The number of aliphatic carboxylic acids is 1. The molecule has 0 rings (SSSR count). The molecule has 0 aliphatic rings. The quantitative estimate of drug-likeness (QED) is 0.0242. The van der Waals surface area contributed by atoms with E-state index >= 15 is 0 Å². The molecule has 54 heavy (non-hydrogen) atoms. The number of ether oxygens (including phenoxy) is 2. The van der Waals surface area contributed by atoms with Crippen molar-refractivity contribution in [3.63, 3.8) is 0 Å². The van der Waals surface area contributed by atoms with Crippen molar-refractivity contribution < 1.29 is 47.5 Å². The van der Waals surface area contributed by atoms with Crippen molar-refractivity contribution in [1.29, 1.82) is 0 Å². The van der Waals surface area contributed by atoms with Gasteiger partial charge in [-0.1, -0.05) is 131 Å². The second-order valence-corrected chi connectivity index (χ2v) is 14.1. The van der Waals surface area contributed by atoms with E-state index in [9.17, 15) is 23.8 Å². The van der Waals surface area contributed by atoms with Gasteiger partial charge in [-0.2, -0.15) is 0 Å². The van der Waals surface area contributed by atoms with Crippen LogP contribution in [-0.4, -0.2) is 59.9 Å². The van der Waals surface area contributed by atoms with E-state index in [4.69, 9.17) is 24.8 Å². The van der Waals surface area contributed by atoms with Crippen LogP contribution in [0.3, 0.4) is 0 Å².